The average Bonchev–Trinajstić information content (AvgIpc) is 2.45. The molecular weight excluding hydrogens is 286 g/mol. The summed E-state index contributed by atoms with van der Waals surface area (Å²) in [7, 11) is 0. The smallest absolute Gasteiger partial charge is 0.303 e. The van der Waals surface area contributed by atoms with Gasteiger partial charge < -0.3 is 15.2 Å². The molecule has 1 amide bonds. The second kappa shape index (κ2) is 8.17. The second-order valence-corrected chi connectivity index (χ2v) is 5.19. The highest BCUT2D eigenvalue weighted by atomic mass is 16.5. The fraction of sp³-hybridized carbons (Fsp3) is 0.438. The van der Waals surface area contributed by atoms with Gasteiger partial charge in [0.05, 0.1) is 0 Å². The van der Waals surface area contributed by atoms with E-state index in [1.807, 2.05) is 0 Å². The lowest BCUT2D eigenvalue weighted by Gasteiger charge is -2.18. The van der Waals surface area contributed by atoms with Crippen molar-refractivity contribution in [3.05, 3.63) is 29.8 Å². The van der Waals surface area contributed by atoms with E-state index >= 15 is 0 Å². The van der Waals surface area contributed by atoms with Crippen molar-refractivity contribution in [3.8, 4) is 5.75 Å². The van der Waals surface area contributed by atoms with E-state index < -0.39 is 12.1 Å². The van der Waals surface area contributed by atoms with Crippen molar-refractivity contribution in [2.45, 2.75) is 45.8 Å². The molecule has 2 N–H and O–H groups in total. The van der Waals surface area contributed by atoms with Gasteiger partial charge in [-0.2, -0.15) is 0 Å². The van der Waals surface area contributed by atoms with Crippen LogP contribution in [0.1, 0.15) is 44.0 Å². The van der Waals surface area contributed by atoms with Gasteiger partial charge in [-0.25, -0.2) is 0 Å². The van der Waals surface area contributed by atoms with E-state index in [2.05, 4.69) is 5.32 Å². The van der Waals surface area contributed by atoms with Crippen molar-refractivity contribution in [1.82, 2.24) is 5.32 Å². The van der Waals surface area contributed by atoms with Crippen LogP contribution >= 0.6 is 0 Å². The number of carboxylic acids is 1. The van der Waals surface area contributed by atoms with Gasteiger partial charge in [-0.3, -0.25) is 14.4 Å². The summed E-state index contributed by atoms with van der Waals surface area (Å²) in [5.74, 6) is -0.865. The molecule has 0 bridgehead atoms. The fourth-order valence-electron chi connectivity index (χ4n) is 1.82. The Balaban J connectivity index is 2.55. The molecule has 0 aromatic heterocycles. The first kappa shape index (κ1) is 17.7. The number of ketones is 1. The predicted octanol–water partition coefficient (Wildman–Crippen LogP) is 2.03. The van der Waals surface area contributed by atoms with Gasteiger partial charge in [-0.15, -0.1) is 0 Å². The highest BCUT2D eigenvalue weighted by Gasteiger charge is 2.17. The lowest BCUT2D eigenvalue weighted by molar-refractivity contribution is -0.137. The quantitative estimate of drug-likeness (QED) is 0.717. The predicted molar refractivity (Wildman–Crippen MR) is 81.0 cm³/mol. The van der Waals surface area contributed by atoms with Crippen molar-refractivity contribution < 1.29 is 24.2 Å². The molecule has 0 saturated carbocycles. The molecule has 0 aliphatic rings. The van der Waals surface area contributed by atoms with Crippen LogP contribution in [-0.4, -0.2) is 34.9 Å². The van der Waals surface area contributed by atoms with Gasteiger partial charge in [0.25, 0.3) is 5.91 Å². The van der Waals surface area contributed by atoms with Crippen LogP contribution < -0.4 is 10.1 Å². The first-order chi connectivity index (χ1) is 10.3. The Morgan fingerprint density at radius 1 is 1.27 bits per heavy atom. The Morgan fingerprint density at radius 2 is 1.95 bits per heavy atom. The van der Waals surface area contributed by atoms with Gasteiger partial charge in [0, 0.05) is 18.0 Å². The van der Waals surface area contributed by atoms with E-state index in [1.54, 1.807) is 38.1 Å². The van der Waals surface area contributed by atoms with Crippen LogP contribution in [0, 0.1) is 0 Å². The van der Waals surface area contributed by atoms with Gasteiger partial charge in [-0.05, 0) is 39.3 Å². The fourth-order valence-corrected chi connectivity index (χ4v) is 1.82. The molecule has 0 fully saturated rings. The number of carbonyl (C=O) groups excluding carboxylic acids is 2. The van der Waals surface area contributed by atoms with Gasteiger partial charge in [0.1, 0.15) is 5.75 Å². The first-order valence-electron chi connectivity index (χ1n) is 7.09. The molecule has 0 saturated heterocycles. The van der Waals surface area contributed by atoms with Gasteiger partial charge in [-0.1, -0.05) is 12.1 Å². The zero-order chi connectivity index (χ0) is 16.7. The van der Waals surface area contributed by atoms with Crippen LogP contribution in [0.4, 0.5) is 0 Å². The van der Waals surface area contributed by atoms with E-state index in [4.69, 9.17) is 9.84 Å². The minimum atomic E-state index is -0.897. The number of aliphatic carboxylic acids is 1. The summed E-state index contributed by atoms with van der Waals surface area (Å²) in [4.78, 5) is 33.8. The van der Waals surface area contributed by atoms with Crippen molar-refractivity contribution >= 4 is 17.7 Å². The van der Waals surface area contributed by atoms with Crippen LogP contribution in [0.15, 0.2) is 24.3 Å². The molecule has 0 radical (unpaired) electrons. The molecule has 0 spiro atoms. The van der Waals surface area contributed by atoms with E-state index in [-0.39, 0.29) is 24.2 Å². The molecule has 22 heavy (non-hydrogen) atoms. The van der Waals surface area contributed by atoms with Crippen molar-refractivity contribution in [2.24, 2.45) is 0 Å². The van der Waals surface area contributed by atoms with Crippen molar-refractivity contribution in [3.63, 3.8) is 0 Å². The maximum Gasteiger partial charge on any atom is 0.303 e. The number of carboxylic acid groups (broad SMARTS) is 1. The zero-order valence-electron chi connectivity index (χ0n) is 13.0. The molecule has 1 aromatic carbocycles. The molecule has 2 atom stereocenters. The summed E-state index contributed by atoms with van der Waals surface area (Å²) < 4.78 is 5.51. The number of benzene rings is 1. The van der Waals surface area contributed by atoms with Gasteiger partial charge in [0.2, 0.25) is 0 Å². The number of carbonyl (C=O) groups is 3. The number of hydrogen-bond donors (Lipinski definition) is 2. The van der Waals surface area contributed by atoms with Gasteiger partial charge in [0.15, 0.2) is 11.9 Å². The maximum absolute atomic E-state index is 12.0. The molecule has 1 rings (SSSR count). The topological polar surface area (TPSA) is 92.7 Å². The number of ether oxygens (including phenoxy) is 1. The third-order valence-electron chi connectivity index (χ3n) is 3.10. The second-order valence-electron chi connectivity index (χ2n) is 5.19. The van der Waals surface area contributed by atoms with Crippen LogP contribution in [0.5, 0.6) is 5.75 Å². The number of nitrogens with one attached hydrogen (secondary N) is 1. The van der Waals surface area contributed by atoms with Crippen molar-refractivity contribution in [2.75, 3.05) is 0 Å². The summed E-state index contributed by atoms with van der Waals surface area (Å²) in [5.41, 5.74) is 0.514. The maximum atomic E-state index is 12.0. The summed E-state index contributed by atoms with van der Waals surface area (Å²) in [5, 5.41) is 11.3. The molecule has 0 aliphatic carbocycles. The molecule has 6 nitrogen and oxygen atoms in total. The zero-order valence-corrected chi connectivity index (χ0v) is 13.0. The van der Waals surface area contributed by atoms with E-state index in [0.29, 0.717) is 17.7 Å². The molecular formula is C16H21NO5. The van der Waals surface area contributed by atoms with E-state index in [0.717, 1.165) is 0 Å². The number of amides is 1. The minimum Gasteiger partial charge on any atom is -0.481 e. The van der Waals surface area contributed by atoms with Crippen LogP contribution in [-0.2, 0) is 9.59 Å². The molecule has 0 heterocycles. The number of Topliss-reactive ketones (excluding diaryl/α,β-unsaturated/α-hetero) is 1. The standard InChI is InChI=1S/C16H21NO5/c1-10(7-8-15(19)20)17-16(21)12(3)22-14-6-4-5-13(9-14)11(2)18/h4-6,9-10,12H,7-8H2,1-3H3,(H,17,21)(H,19,20). The van der Waals surface area contributed by atoms with E-state index in [1.165, 1.54) is 6.92 Å². The Bertz CT molecular complexity index is 555. The molecule has 120 valence electrons. The summed E-state index contributed by atoms with van der Waals surface area (Å²) in [6.07, 6.45) is -0.389. The minimum absolute atomic E-state index is 0.00264. The third kappa shape index (κ3) is 5.95. The van der Waals surface area contributed by atoms with Crippen LogP contribution in [0.3, 0.4) is 0 Å². The van der Waals surface area contributed by atoms with Crippen LogP contribution in [0.2, 0.25) is 0 Å². The lowest BCUT2D eigenvalue weighted by Crippen LogP contribution is -2.41. The summed E-state index contributed by atoms with van der Waals surface area (Å²) >= 11 is 0. The largest absolute Gasteiger partial charge is 0.481 e. The molecule has 0 aliphatic heterocycles. The number of hydrogen-bond acceptors (Lipinski definition) is 4. The van der Waals surface area contributed by atoms with Crippen LogP contribution in [0.25, 0.3) is 0 Å². The summed E-state index contributed by atoms with van der Waals surface area (Å²) in [6, 6.07) is 6.36. The molecule has 2 unspecified atom stereocenters. The van der Waals surface area contributed by atoms with E-state index in [9.17, 15) is 14.4 Å². The monoisotopic (exact) mass is 307 g/mol. The van der Waals surface area contributed by atoms with Gasteiger partial charge >= 0.3 is 5.97 Å². The Labute approximate surface area is 129 Å². The molecule has 6 heteroatoms. The normalized spacial score (nSPS) is 13.0. The Hall–Kier alpha value is -2.37. The third-order valence-corrected chi connectivity index (χ3v) is 3.10. The highest BCUT2D eigenvalue weighted by molar-refractivity contribution is 5.94. The number of rotatable bonds is 8. The lowest BCUT2D eigenvalue weighted by atomic mass is 10.1. The average molecular weight is 307 g/mol. The SMILES string of the molecule is CC(=O)c1cccc(OC(C)C(=O)NC(C)CCC(=O)O)c1. The summed E-state index contributed by atoms with van der Waals surface area (Å²) in [6.45, 7) is 4.79. The first-order valence-corrected chi connectivity index (χ1v) is 7.09. The Kier molecular flexibility index (Phi) is 6.56. The van der Waals surface area contributed by atoms with Crippen molar-refractivity contribution in [1.29, 1.82) is 0 Å². The molecule has 1 aromatic rings. The highest BCUT2D eigenvalue weighted by Crippen LogP contribution is 2.15. The Morgan fingerprint density at radius 3 is 2.55 bits per heavy atom.